The molecule has 2 aromatic rings. The number of carbonyl (C=O) groups is 13. The summed E-state index contributed by atoms with van der Waals surface area (Å²) in [5.74, 6) is -9.80. The van der Waals surface area contributed by atoms with Crippen molar-refractivity contribution in [2.24, 2.45) is 51.0 Å². The third kappa shape index (κ3) is 27.5. The largest absolute Gasteiger partial charge is 0.370 e. The molecule has 2 aliphatic rings. The Balaban J connectivity index is 1.56. The van der Waals surface area contributed by atoms with Crippen LogP contribution in [0.15, 0.2) is 65.7 Å². The number of nitrogens with zero attached hydrogens (tertiary/aromatic N) is 3. The van der Waals surface area contributed by atoms with Crippen molar-refractivity contribution >= 4 is 94.5 Å². The lowest BCUT2D eigenvalue weighted by molar-refractivity contribution is -0.144. The summed E-state index contributed by atoms with van der Waals surface area (Å²) < 4.78 is 0. The maximum absolute atomic E-state index is 14.7. The summed E-state index contributed by atoms with van der Waals surface area (Å²) in [6.45, 7) is 3.86. The summed E-state index contributed by atoms with van der Waals surface area (Å²) in [5.41, 5.74) is 40.6. The maximum atomic E-state index is 14.7. The fourth-order valence-electron chi connectivity index (χ4n) is 11.0. The minimum absolute atomic E-state index is 0.0736. The van der Waals surface area contributed by atoms with Gasteiger partial charge in [0.2, 0.25) is 76.8 Å². The Morgan fingerprint density at radius 3 is 1.51 bits per heavy atom. The van der Waals surface area contributed by atoms with Crippen LogP contribution < -0.4 is 82.7 Å². The SMILES string of the molecule is CSCC[C@H](NC(=O)[C@H](CC(C)C)NC(=O)CNC(=O)[C@@H](Cc1ccccc1)NC(=O)[C@H](Cc1ccccc1)NC(=O)[C@H](CCC(N)=O)NC(=O)[C@@H](CCC(N)=O)NC(=O)[C@@H]1CCCN1C(=O)[C@@H](CCCCN)NC(=O)[C@@H]1CCCN1C(=O)[C@H](N)CCCN=C(N)N)C(N)=O. The van der Waals surface area contributed by atoms with Gasteiger partial charge < -0.3 is 92.5 Å². The van der Waals surface area contributed by atoms with Gasteiger partial charge in [0.05, 0.1) is 12.6 Å². The lowest BCUT2D eigenvalue weighted by atomic mass is 10.0. The Kier molecular flexibility index (Phi) is 33.9. The number of aliphatic imine (C=N–C) groups is 1. The zero-order valence-corrected chi connectivity index (χ0v) is 55.3. The molecule has 22 N–H and O–H groups in total. The second-order valence-corrected chi connectivity index (χ2v) is 25.1. The van der Waals surface area contributed by atoms with E-state index in [1.807, 2.05) is 20.1 Å². The van der Waals surface area contributed by atoms with Gasteiger partial charge in [-0.2, -0.15) is 11.8 Å². The van der Waals surface area contributed by atoms with Crippen LogP contribution in [-0.2, 0) is 75.2 Å². The molecule has 10 atom stereocenters. The number of nitrogens with one attached hydrogen (secondary N) is 8. The van der Waals surface area contributed by atoms with Gasteiger partial charge in [-0.25, -0.2) is 0 Å². The molecular formula is C63H98N18O13S. The average Bonchev–Trinajstić information content (AvgIpc) is 1.74. The molecule has 2 aliphatic heterocycles. The fourth-order valence-corrected chi connectivity index (χ4v) is 11.5. The van der Waals surface area contributed by atoms with E-state index in [4.69, 9.17) is 40.1 Å². The number of thioether (sulfide) groups is 1. The van der Waals surface area contributed by atoms with Crippen LogP contribution in [0, 0.1) is 5.92 Å². The van der Waals surface area contributed by atoms with Crippen molar-refractivity contribution in [2.45, 2.75) is 183 Å². The van der Waals surface area contributed by atoms with E-state index in [2.05, 4.69) is 47.5 Å². The van der Waals surface area contributed by atoms with Crippen molar-refractivity contribution < 1.29 is 62.3 Å². The summed E-state index contributed by atoms with van der Waals surface area (Å²) in [6.07, 6.45) is 3.12. The number of primary amides is 3. The van der Waals surface area contributed by atoms with Crippen molar-refractivity contribution in [1.29, 1.82) is 0 Å². The first kappa shape index (κ1) is 78.5. The molecule has 0 saturated carbocycles. The number of guanidine groups is 1. The first-order valence-corrected chi connectivity index (χ1v) is 33.6. The Morgan fingerprint density at radius 1 is 0.537 bits per heavy atom. The number of benzene rings is 2. The van der Waals surface area contributed by atoms with Crippen molar-refractivity contribution in [3.05, 3.63) is 71.8 Å². The Hall–Kier alpha value is -8.91. The van der Waals surface area contributed by atoms with Crippen LogP contribution in [0.3, 0.4) is 0 Å². The summed E-state index contributed by atoms with van der Waals surface area (Å²) >= 11 is 1.45. The van der Waals surface area contributed by atoms with Gasteiger partial charge in [-0.1, -0.05) is 74.5 Å². The quantitative estimate of drug-likeness (QED) is 0.0173. The van der Waals surface area contributed by atoms with E-state index < -0.39 is 169 Å². The first-order chi connectivity index (χ1) is 45.2. The summed E-state index contributed by atoms with van der Waals surface area (Å²) in [5, 5.41) is 21.1. The Labute approximate surface area is 558 Å². The van der Waals surface area contributed by atoms with Crippen LogP contribution in [0.2, 0.25) is 0 Å². The lowest BCUT2D eigenvalue weighted by Gasteiger charge is -2.32. The van der Waals surface area contributed by atoms with E-state index in [1.165, 1.54) is 21.6 Å². The highest BCUT2D eigenvalue weighted by molar-refractivity contribution is 7.98. The normalized spacial score (nSPS) is 16.8. The summed E-state index contributed by atoms with van der Waals surface area (Å²) in [4.78, 5) is 185. The number of rotatable bonds is 42. The Bertz CT molecular complexity index is 2960. The molecule has 31 nitrogen and oxygen atoms in total. The molecular weight excluding hydrogens is 1250 g/mol. The van der Waals surface area contributed by atoms with Gasteiger partial charge in [0, 0.05) is 45.3 Å². The standard InChI is InChI=1S/C63H98N18O13S/c1-37(2)33-45(57(89)74-41(53(68)85)27-32-95-3)73-52(84)36-72-54(86)46(34-38-15-6-4-7-16-38)78-58(90)47(35-39-17-8-5-9-18-39)79-56(88)42(23-25-50(66)82)75-55(87)43(24-26-51(67)83)76-59(91)49-22-14-31-81(49)62(94)44(20-10-11-28-64)77-60(92)48-21-13-30-80(48)61(93)40(65)19-12-29-71-63(69)70/h4-9,15-18,37,40-49H,10-14,19-36,64-65H2,1-3H3,(H2,66,82)(H2,67,83)(H2,68,85)(H,72,86)(H,73,84)(H,74,89)(H,75,87)(H,76,91)(H,77,92)(H,78,90)(H,79,88)(H4,69,70,71)/t40-,41+,42+,43-,44-,45+,46-,47+,48+,49+/m1/s1. The molecule has 524 valence electrons. The molecule has 0 bridgehead atoms. The van der Waals surface area contributed by atoms with Gasteiger partial charge >= 0.3 is 0 Å². The van der Waals surface area contributed by atoms with Crippen LogP contribution >= 0.6 is 11.8 Å². The highest BCUT2D eigenvalue weighted by Crippen LogP contribution is 2.24. The van der Waals surface area contributed by atoms with E-state index in [0.29, 0.717) is 55.4 Å². The van der Waals surface area contributed by atoms with Gasteiger partial charge in [-0.3, -0.25) is 67.3 Å². The van der Waals surface area contributed by atoms with E-state index in [9.17, 15) is 62.3 Å². The number of hydrogen-bond donors (Lipinski definition) is 15. The van der Waals surface area contributed by atoms with Gasteiger partial charge in [-0.05, 0) is 119 Å². The molecule has 0 aliphatic carbocycles. The van der Waals surface area contributed by atoms with Crippen molar-refractivity contribution in [3.63, 3.8) is 0 Å². The van der Waals surface area contributed by atoms with Crippen LogP contribution in [-0.4, -0.2) is 198 Å². The molecule has 0 aromatic heterocycles. The smallest absolute Gasteiger partial charge is 0.245 e. The maximum Gasteiger partial charge on any atom is 0.245 e. The second-order valence-electron chi connectivity index (χ2n) is 24.1. The zero-order chi connectivity index (χ0) is 70.1. The van der Waals surface area contributed by atoms with Gasteiger partial charge in [-0.15, -0.1) is 0 Å². The van der Waals surface area contributed by atoms with Gasteiger partial charge in [0.25, 0.3) is 0 Å². The van der Waals surface area contributed by atoms with Crippen LogP contribution in [0.1, 0.15) is 121 Å². The molecule has 4 rings (SSSR count). The number of carbonyl (C=O) groups excluding carboxylic acids is 13. The van der Waals surface area contributed by atoms with E-state index in [-0.39, 0.29) is 83.0 Å². The van der Waals surface area contributed by atoms with Crippen LogP contribution in [0.25, 0.3) is 0 Å². The molecule has 13 amide bonds. The highest BCUT2D eigenvalue weighted by atomic mass is 32.2. The predicted octanol–water partition coefficient (Wildman–Crippen LogP) is -3.71. The minimum Gasteiger partial charge on any atom is -0.370 e. The highest BCUT2D eigenvalue weighted by Gasteiger charge is 2.42. The first-order valence-electron chi connectivity index (χ1n) is 32.2. The van der Waals surface area contributed by atoms with Gasteiger partial charge in [0.1, 0.15) is 54.4 Å². The van der Waals surface area contributed by atoms with E-state index in [0.717, 1.165) is 0 Å². The monoisotopic (exact) mass is 1350 g/mol. The van der Waals surface area contributed by atoms with Gasteiger partial charge in [0.15, 0.2) is 5.96 Å². The minimum atomic E-state index is -1.64. The molecule has 2 aromatic carbocycles. The average molecular weight is 1350 g/mol. The predicted molar refractivity (Wildman–Crippen MR) is 356 cm³/mol. The fraction of sp³-hybridized carbons (Fsp3) is 0.587. The van der Waals surface area contributed by atoms with E-state index in [1.54, 1.807) is 60.7 Å². The van der Waals surface area contributed by atoms with Crippen LogP contribution in [0.5, 0.6) is 0 Å². The van der Waals surface area contributed by atoms with Crippen molar-refractivity contribution in [3.8, 4) is 0 Å². The Morgan fingerprint density at radius 2 is 1.01 bits per heavy atom. The topological polar surface area (TPSA) is 519 Å². The number of amides is 13. The van der Waals surface area contributed by atoms with Crippen molar-refractivity contribution in [2.75, 3.05) is 44.7 Å². The van der Waals surface area contributed by atoms with E-state index >= 15 is 0 Å². The van der Waals surface area contributed by atoms with Crippen LogP contribution in [0.4, 0.5) is 0 Å². The third-order valence-electron chi connectivity index (χ3n) is 16.0. The molecule has 2 fully saturated rings. The number of likely N-dealkylation sites (tertiary alicyclic amines) is 2. The number of unbranched alkanes of at least 4 members (excludes halogenated alkanes) is 1. The molecule has 0 unspecified atom stereocenters. The number of hydrogen-bond acceptors (Lipinski definition) is 17. The van der Waals surface area contributed by atoms with Crippen molar-refractivity contribution in [1.82, 2.24) is 52.3 Å². The molecule has 0 spiro atoms. The number of nitrogens with two attached hydrogens (primary N) is 7. The summed E-state index contributed by atoms with van der Waals surface area (Å²) in [7, 11) is 0. The lowest BCUT2D eigenvalue weighted by Crippen LogP contribution is -2.60. The molecule has 32 heteroatoms. The molecule has 0 radical (unpaired) electrons. The summed E-state index contributed by atoms with van der Waals surface area (Å²) in [6, 6.07) is 4.51. The molecule has 2 saturated heterocycles. The second kappa shape index (κ2) is 41.0. The third-order valence-corrected chi connectivity index (χ3v) is 16.7. The zero-order valence-electron chi connectivity index (χ0n) is 54.5. The molecule has 2 heterocycles. The molecule has 95 heavy (non-hydrogen) atoms.